The second kappa shape index (κ2) is 11.0. The number of carbonyl (C=O) groups is 1. The van der Waals surface area contributed by atoms with Crippen molar-refractivity contribution >= 4 is 28.3 Å². The summed E-state index contributed by atoms with van der Waals surface area (Å²) in [5, 5.41) is 15.6. The van der Waals surface area contributed by atoms with Gasteiger partial charge in [-0.3, -0.25) is 18.8 Å². The fourth-order valence-electron chi connectivity index (χ4n) is 5.30. The number of nitrogens with two attached hydrogens (primary N) is 1. The Morgan fingerprint density at radius 3 is 2.41 bits per heavy atom. The molecule has 0 unspecified atom stereocenters. The Morgan fingerprint density at radius 2 is 1.83 bits per heavy atom. The molecule has 9 nitrogen and oxygen atoms in total. The summed E-state index contributed by atoms with van der Waals surface area (Å²) in [5.41, 5.74) is 7.00. The molecule has 1 amide bonds. The average molecular weight is 589 g/mol. The summed E-state index contributed by atoms with van der Waals surface area (Å²) < 4.78 is 44.2. The van der Waals surface area contributed by atoms with Crippen LogP contribution in [0.4, 0.5) is 13.2 Å². The number of alkyl halides is 3. The molecule has 0 saturated carbocycles. The summed E-state index contributed by atoms with van der Waals surface area (Å²) in [5.74, 6) is -2.48. The van der Waals surface area contributed by atoms with Gasteiger partial charge in [-0.1, -0.05) is 24.3 Å². The van der Waals surface area contributed by atoms with Crippen molar-refractivity contribution in [3.63, 3.8) is 0 Å². The minimum absolute atomic E-state index is 0.0758. The first-order valence-corrected chi connectivity index (χ1v) is 14.0. The molecular formula is C28H31F3N6O3S. The van der Waals surface area contributed by atoms with E-state index in [0.29, 0.717) is 17.8 Å². The number of likely N-dealkylation sites (tertiary alicyclic amines) is 1. The van der Waals surface area contributed by atoms with E-state index in [9.17, 15) is 27.9 Å². The standard InChI is InChI=1S/C28H31F3N6O3S/c1-17-3-8-21(41-17)20(28(29,30)31)13-22(38)36-11-9-27(40,10-12-36)15-37-16-33-23-24(26(37)39)34-35(2)25(23)19-6-4-18(14-32)5-7-19/h3-8,16,20,40H,9-15,32H2,1-2H3/t20-/m1/s1. The van der Waals surface area contributed by atoms with Gasteiger partial charge < -0.3 is 15.7 Å². The van der Waals surface area contributed by atoms with Crippen LogP contribution in [0.3, 0.4) is 0 Å². The first-order chi connectivity index (χ1) is 19.4. The third-order valence-corrected chi connectivity index (χ3v) is 8.78. The van der Waals surface area contributed by atoms with E-state index in [1.807, 2.05) is 24.3 Å². The zero-order chi connectivity index (χ0) is 29.5. The fourth-order valence-corrected chi connectivity index (χ4v) is 6.30. The smallest absolute Gasteiger partial charge is 0.388 e. The predicted molar refractivity (Wildman–Crippen MR) is 149 cm³/mol. The van der Waals surface area contributed by atoms with Crippen LogP contribution in [0.2, 0.25) is 0 Å². The number of aryl methyl sites for hydroxylation is 2. The molecule has 1 aliphatic heterocycles. The van der Waals surface area contributed by atoms with Crippen molar-refractivity contribution in [2.24, 2.45) is 12.8 Å². The van der Waals surface area contributed by atoms with Gasteiger partial charge in [0.15, 0.2) is 5.52 Å². The first-order valence-electron chi connectivity index (χ1n) is 13.2. The maximum atomic E-state index is 13.8. The Balaban J connectivity index is 1.28. The first kappa shape index (κ1) is 29.0. The molecule has 0 radical (unpaired) electrons. The van der Waals surface area contributed by atoms with Crippen molar-refractivity contribution in [3.05, 3.63) is 68.4 Å². The maximum Gasteiger partial charge on any atom is 0.397 e. The van der Waals surface area contributed by atoms with E-state index in [4.69, 9.17) is 5.73 Å². The third-order valence-electron chi connectivity index (χ3n) is 7.66. The normalized spacial score (nSPS) is 16.3. The summed E-state index contributed by atoms with van der Waals surface area (Å²) in [7, 11) is 1.72. The van der Waals surface area contributed by atoms with Gasteiger partial charge in [0.2, 0.25) is 5.91 Å². The van der Waals surface area contributed by atoms with Crippen LogP contribution in [-0.4, -0.2) is 60.1 Å². The average Bonchev–Trinajstić information content (AvgIpc) is 3.51. The molecule has 13 heteroatoms. The van der Waals surface area contributed by atoms with Gasteiger partial charge in [0.25, 0.3) is 5.56 Å². The molecule has 41 heavy (non-hydrogen) atoms. The Labute approximate surface area is 238 Å². The van der Waals surface area contributed by atoms with Crippen molar-refractivity contribution in [2.75, 3.05) is 13.1 Å². The zero-order valence-electron chi connectivity index (χ0n) is 22.7. The van der Waals surface area contributed by atoms with Crippen molar-refractivity contribution in [1.82, 2.24) is 24.2 Å². The highest BCUT2D eigenvalue weighted by molar-refractivity contribution is 7.12. The van der Waals surface area contributed by atoms with Crippen LogP contribution in [0.25, 0.3) is 22.3 Å². The number of halogens is 3. The number of aromatic nitrogens is 4. The van der Waals surface area contributed by atoms with Gasteiger partial charge in [-0.15, -0.1) is 11.3 Å². The molecule has 3 N–H and O–H groups in total. The van der Waals surface area contributed by atoms with Gasteiger partial charge in [-0.2, -0.15) is 18.3 Å². The molecule has 0 bridgehead atoms. The van der Waals surface area contributed by atoms with E-state index in [0.717, 1.165) is 27.3 Å². The lowest BCUT2D eigenvalue weighted by atomic mass is 9.90. The molecule has 1 saturated heterocycles. The monoisotopic (exact) mass is 588 g/mol. The van der Waals surface area contributed by atoms with Gasteiger partial charge in [0.1, 0.15) is 5.52 Å². The van der Waals surface area contributed by atoms with Crippen LogP contribution >= 0.6 is 11.3 Å². The van der Waals surface area contributed by atoms with Crippen LogP contribution in [0, 0.1) is 6.92 Å². The van der Waals surface area contributed by atoms with Gasteiger partial charge in [-0.25, -0.2) is 4.98 Å². The van der Waals surface area contributed by atoms with Crippen molar-refractivity contribution in [1.29, 1.82) is 0 Å². The molecule has 5 rings (SSSR count). The highest BCUT2D eigenvalue weighted by atomic mass is 32.1. The van der Waals surface area contributed by atoms with Gasteiger partial charge >= 0.3 is 6.18 Å². The Morgan fingerprint density at radius 1 is 1.15 bits per heavy atom. The van der Waals surface area contributed by atoms with Gasteiger partial charge in [0.05, 0.1) is 30.1 Å². The lowest BCUT2D eigenvalue weighted by Gasteiger charge is -2.38. The summed E-state index contributed by atoms with van der Waals surface area (Å²) >= 11 is 1.04. The van der Waals surface area contributed by atoms with Crippen molar-refractivity contribution in [3.8, 4) is 11.3 Å². The van der Waals surface area contributed by atoms with Crippen LogP contribution in [-0.2, 0) is 24.9 Å². The lowest BCUT2D eigenvalue weighted by molar-refractivity contribution is -0.161. The number of thiophene rings is 1. The van der Waals surface area contributed by atoms with Crippen LogP contribution in [0.1, 0.15) is 40.5 Å². The molecule has 4 heterocycles. The van der Waals surface area contributed by atoms with E-state index in [1.54, 1.807) is 24.7 Å². The highest BCUT2D eigenvalue weighted by Crippen LogP contribution is 2.41. The van der Waals surface area contributed by atoms with Crippen LogP contribution in [0.15, 0.2) is 47.5 Å². The summed E-state index contributed by atoms with van der Waals surface area (Å²) in [6, 6.07) is 10.6. The van der Waals surface area contributed by atoms with E-state index >= 15 is 0 Å². The second-order valence-electron chi connectivity index (χ2n) is 10.6. The SMILES string of the molecule is Cc1ccc([C@@H](CC(=O)N2CCC(O)(Cn3cnc4c(-c5ccc(CN)cc5)n(C)nc4c3=O)CC2)C(F)(F)F)s1. The highest BCUT2D eigenvalue weighted by Gasteiger charge is 2.44. The summed E-state index contributed by atoms with van der Waals surface area (Å²) in [6.45, 7) is 2.23. The number of amides is 1. The number of fused-ring (bicyclic) bond motifs is 1. The van der Waals surface area contributed by atoms with E-state index in [1.165, 1.54) is 21.9 Å². The van der Waals surface area contributed by atoms with Crippen LogP contribution in [0.5, 0.6) is 0 Å². The number of nitrogens with zero attached hydrogens (tertiary/aromatic N) is 5. The maximum absolute atomic E-state index is 13.8. The number of hydrogen-bond donors (Lipinski definition) is 2. The molecule has 218 valence electrons. The second-order valence-corrected chi connectivity index (χ2v) is 11.9. The Hall–Kier alpha value is -3.55. The largest absolute Gasteiger partial charge is 0.397 e. The van der Waals surface area contributed by atoms with E-state index < -0.39 is 35.6 Å². The Kier molecular flexibility index (Phi) is 7.79. The zero-order valence-corrected chi connectivity index (χ0v) is 23.5. The summed E-state index contributed by atoms with van der Waals surface area (Å²) in [6.07, 6.45) is -3.64. The topological polar surface area (TPSA) is 119 Å². The lowest BCUT2D eigenvalue weighted by Crippen LogP contribution is -2.50. The minimum Gasteiger partial charge on any atom is -0.388 e. The number of hydrogen-bond acceptors (Lipinski definition) is 7. The molecule has 4 aromatic rings. The van der Waals surface area contributed by atoms with E-state index in [-0.39, 0.29) is 42.9 Å². The molecule has 1 fully saturated rings. The number of rotatable bonds is 7. The molecule has 1 aliphatic rings. The van der Waals surface area contributed by atoms with Crippen LogP contribution < -0.4 is 11.3 Å². The minimum atomic E-state index is -4.55. The quantitative estimate of drug-likeness (QED) is 0.340. The van der Waals surface area contributed by atoms with Gasteiger partial charge in [0, 0.05) is 48.4 Å². The molecule has 1 atom stereocenters. The number of aliphatic hydroxyl groups is 1. The number of piperidine rings is 1. The molecular weight excluding hydrogens is 557 g/mol. The fraction of sp³-hybridized carbons (Fsp3) is 0.429. The molecule has 0 spiro atoms. The van der Waals surface area contributed by atoms with Gasteiger partial charge in [-0.05, 0) is 37.5 Å². The molecule has 3 aromatic heterocycles. The Bertz CT molecular complexity index is 1620. The summed E-state index contributed by atoms with van der Waals surface area (Å²) in [4.78, 5) is 32.9. The van der Waals surface area contributed by atoms with Crippen molar-refractivity contribution in [2.45, 2.75) is 57.0 Å². The molecule has 1 aromatic carbocycles. The number of carbonyl (C=O) groups excluding carboxylic acids is 1. The predicted octanol–water partition coefficient (Wildman–Crippen LogP) is 3.72. The third kappa shape index (κ3) is 5.92. The van der Waals surface area contributed by atoms with E-state index in [2.05, 4.69) is 10.1 Å². The molecule has 0 aliphatic carbocycles. The van der Waals surface area contributed by atoms with Crippen molar-refractivity contribution < 1.29 is 23.1 Å². The number of benzene rings is 1.